The summed E-state index contributed by atoms with van der Waals surface area (Å²) in [5.41, 5.74) is 1.85. The van der Waals surface area contributed by atoms with Gasteiger partial charge in [0.2, 0.25) is 0 Å². The van der Waals surface area contributed by atoms with Gasteiger partial charge in [-0.1, -0.05) is 12.1 Å². The molecule has 0 radical (unpaired) electrons. The molecule has 1 aromatic carbocycles. The van der Waals surface area contributed by atoms with E-state index in [0.717, 1.165) is 16.9 Å². The Labute approximate surface area is 102 Å². The molecular formula is C14H18O3. The number of carbonyl (C=O) groups is 1. The maximum Gasteiger partial charge on any atom is 0.330 e. The fourth-order valence-electron chi connectivity index (χ4n) is 1.39. The number of carbonyl (C=O) groups excluding carboxylic acids is 1. The molecule has 0 fully saturated rings. The van der Waals surface area contributed by atoms with E-state index in [1.807, 2.05) is 45.0 Å². The van der Waals surface area contributed by atoms with Crippen LogP contribution in [0.3, 0.4) is 0 Å². The molecule has 0 aliphatic rings. The van der Waals surface area contributed by atoms with Crippen molar-refractivity contribution in [3.8, 4) is 5.75 Å². The SMILES string of the molecule is COC(=O)C=C(C)c1ccc(OC(C)C)cc1. The monoisotopic (exact) mass is 234 g/mol. The lowest BCUT2D eigenvalue weighted by Crippen LogP contribution is -2.05. The van der Waals surface area contributed by atoms with E-state index < -0.39 is 0 Å². The van der Waals surface area contributed by atoms with E-state index in [1.54, 1.807) is 0 Å². The lowest BCUT2D eigenvalue weighted by atomic mass is 10.1. The minimum absolute atomic E-state index is 0.160. The molecule has 0 saturated heterocycles. The zero-order valence-electron chi connectivity index (χ0n) is 10.7. The summed E-state index contributed by atoms with van der Waals surface area (Å²) >= 11 is 0. The number of rotatable bonds is 4. The van der Waals surface area contributed by atoms with Crippen LogP contribution in [-0.2, 0) is 9.53 Å². The van der Waals surface area contributed by atoms with Gasteiger partial charge in [-0.15, -0.1) is 0 Å². The molecule has 1 aromatic rings. The molecule has 1 rings (SSSR count). The molecule has 0 aliphatic carbocycles. The van der Waals surface area contributed by atoms with Gasteiger partial charge in [0.1, 0.15) is 5.75 Å². The highest BCUT2D eigenvalue weighted by molar-refractivity contribution is 5.90. The van der Waals surface area contributed by atoms with Crippen molar-refractivity contribution in [1.29, 1.82) is 0 Å². The molecular weight excluding hydrogens is 216 g/mol. The molecule has 0 unspecified atom stereocenters. The van der Waals surface area contributed by atoms with E-state index in [-0.39, 0.29) is 12.1 Å². The number of benzene rings is 1. The van der Waals surface area contributed by atoms with Gasteiger partial charge >= 0.3 is 5.97 Å². The van der Waals surface area contributed by atoms with Crippen molar-refractivity contribution in [2.75, 3.05) is 7.11 Å². The summed E-state index contributed by atoms with van der Waals surface area (Å²) in [5, 5.41) is 0. The van der Waals surface area contributed by atoms with Crippen LogP contribution in [0.25, 0.3) is 5.57 Å². The first-order valence-corrected chi connectivity index (χ1v) is 5.56. The van der Waals surface area contributed by atoms with Crippen LogP contribution in [0, 0.1) is 0 Å². The second-order valence-electron chi connectivity index (χ2n) is 4.04. The Hall–Kier alpha value is -1.77. The summed E-state index contributed by atoms with van der Waals surface area (Å²) in [7, 11) is 1.37. The van der Waals surface area contributed by atoms with Gasteiger partial charge in [-0.2, -0.15) is 0 Å². The second kappa shape index (κ2) is 6.09. The van der Waals surface area contributed by atoms with Crippen LogP contribution in [0.1, 0.15) is 26.3 Å². The number of hydrogen-bond acceptors (Lipinski definition) is 3. The summed E-state index contributed by atoms with van der Waals surface area (Å²) in [6.07, 6.45) is 1.63. The zero-order valence-corrected chi connectivity index (χ0v) is 10.7. The predicted octanol–water partition coefficient (Wildman–Crippen LogP) is 3.05. The third-order valence-corrected chi connectivity index (χ3v) is 2.22. The maximum absolute atomic E-state index is 11.1. The first kappa shape index (κ1) is 13.3. The van der Waals surface area contributed by atoms with Crippen LogP contribution in [0.5, 0.6) is 5.75 Å². The van der Waals surface area contributed by atoms with Gasteiger partial charge < -0.3 is 9.47 Å². The minimum atomic E-state index is -0.343. The molecule has 0 aliphatic heterocycles. The van der Waals surface area contributed by atoms with E-state index in [9.17, 15) is 4.79 Å². The molecule has 3 nitrogen and oxygen atoms in total. The van der Waals surface area contributed by atoms with E-state index in [2.05, 4.69) is 4.74 Å². The largest absolute Gasteiger partial charge is 0.491 e. The molecule has 0 heterocycles. The van der Waals surface area contributed by atoms with Crippen molar-refractivity contribution < 1.29 is 14.3 Å². The van der Waals surface area contributed by atoms with Crippen LogP contribution in [0.15, 0.2) is 30.3 Å². The second-order valence-corrected chi connectivity index (χ2v) is 4.04. The smallest absolute Gasteiger partial charge is 0.330 e. The van der Waals surface area contributed by atoms with Gasteiger partial charge in [0.15, 0.2) is 0 Å². The average molecular weight is 234 g/mol. The molecule has 3 heteroatoms. The lowest BCUT2D eigenvalue weighted by Gasteiger charge is -2.10. The Morgan fingerprint density at radius 3 is 2.29 bits per heavy atom. The quantitative estimate of drug-likeness (QED) is 0.593. The molecule has 92 valence electrons. The van der Waals surface area contributed by atoms with Gasteiger partial charge in [-0.05, 0) is 44.0 Å². The van der Waals surface area contributed by atoms with Crippen LogP contribution in [0.2, 0.25) is 0 Å². The van der Waals surface area contributed by atoms with Gasteiger partial charge in [0, 0.05) is 6.08 Å². The Morgan fingerprint density at radius 2 is 1.82 bits per heavy atom. The number of esters is 1. The van der Waals surface area contributed by atoms with E-state index >= 15 is 0 Å². The fourth-order valence-corrected chi connectivity index (χ4v) is 1.39. The van der Waals surface area contributed by atoms with Crippen molar-refractivity contribution in [2.24, 2.45) is 0 Å². The standard InChI is InChI=1S/C14H18O3/c1-10(2)17-13-7-5-12(6-8-13)11(3)9-14(15)16-4/h5-10H,1-4H3. The highest BCUT2D eigenvalue weighted by Gasteiger charge is 2.01. The summed E-state index contributed by atoms with van der Waals surface area (Å²) in [4.78, 5) is 11.1. The molecule has 0 atom stereocenters. The Bertz CT molecular complexity index is 402. The summed E-state index contributed by atoms with van der Waals surface area (Å²) < 4.78 is 10.1. The van der Waals surface area contributed by atoms with Gasteiger partial charge in [-0.3, -0.25) is 0 Å². The van der Waals surface area contributed by atoms with Crippen molar-refractivity contribution in [1.82, 2.24) is 0 Å². The van der Waals surface area contributed by atoms with E-state index in [4.69, 9.17) is 4.74 Å². The van der Waals surface area contributed by atoms with Gasteiger partial charge in [0.25, 0.3) is 0 Å². The normalized spacial score (nSPS) is 11.5. The molecule has 0 saturated carbocycles. The van der Waals surface area contributed by atoms with Crippen LogP contribution < -0.4 is 4.74 Å². The zero-order chi connectivity index (χ0) is 12.8. The Balaban J connectivity index is 2.80. The highest BCUT2D eigenvalue weighted by atomic mass is 16.5. The first-order valence-electron chi connectivity index (χ1n) is 5.56. The van der Waals surface area contributed by atoms with Crippen molar-refractivity contribution in [3.63, 3.8) is 0 Å². The lowest BCUT2D eigenvalue weighted by molar-refractivity contribution is -0.134. The van der Waals surface area contributed by atoms with E-state index in [0.29, 0.717) is 0 Å². The minimum Gasteiger partial charge on any atom is -0.491 e. The number of methoxy groups -OCH3 is 1. The van der Waals surface area contributed by atoms with Crippen molar-refractivity contribution >= 4 is 11.5 Å². The van der Waals surface area contributed by atoms with Crippen LogP contribution in [-0.4, -0.2) is 19.2 Å². The molecule has 17 heavy (non-hydrogen) atoms. The number of allylic oxidation sites excluding steroid dienone is 1. The topological polar surface area (TPSA) is 35.5 Å². The fraction of sp³-hybridized carbons (Fsp3) is 0.357. The summed E-state index contributed by atoms with van der Waals surface area (Å²) in [6, 6.07) is 7.63. The Kier molecular flexibility index (Phi) is 4.76. The van der Waals surface area contributed by atoms with Crippen molar-refractivity contribution in [2.45, 2.75) is 26.9 Å². The van der Waals surface area contributed by atoms with Gasteiger partial charge in [-0.25, -0.2) is 4.79 Å². The predicted molar refractivity (Wildman–Crippen MR) is 67.9 cm³/mol. The molecule has 0 amide bonds. The molecule has 0 spiro atoms. The number of hydrogen-bond donors (Lipinski definition) is 0. The van der Waals surface area contributed by atoms with Crippen LogP contribution in [0.4, 0.5) is 0 Å². The maximum atomic E-state index is 11.1. The molecule has 0 bridgehead atoms. The number of ether oxygens (including phenoxy) is 2. The Morgan fingerprint density at radius 1 is 1.24 bits per heavy atom. The average Bonchev–Trinajstić information content (AvgIpc) is 2.28. The first-order chi connectivity index (χ1) is 8.02. The third-order valence-electron chi connectivity index (χ3n) is 2.22. The summed E-state index contributed by atoms with van der Waals surface area (Å²) in [5.74, 6) is 0.486. The molecule has 0 N–H and O–H groups in total. The van der Waals surface area contributed by atoms with E-state index in [1.165, 1.54) is 13.2 Å². The third kappa shape index (κ3) is 4.31. The molecule has 0 aromatic heterocycles. The van der Waals surface area contributed by atoms with Crippen LogP contribution >= 0.6 is 0 Å². The summed E-state index contributed by atoms with van der Waals surface area (Å²) in [6.45, 7) is 5.84. The highest BCUT2D eigenvalue weighted by Crippen LogP contribution is 2.19. The van der Waals surface area contributed by atoms with Crippen molar-refractivity contribution in [3.05, 3.63) is 35.9 Å². The van der Waals surface area contributed by atoms with Gasteiger partial charge in [0.05, 0.1) is 13.2 Å².